The van der Waals surface area contributed by atoms with Gasteiger partial charge in [-0.3, -0.25) is 0 Å². The first-order valence-corrected chi connectivity index (χ1v) is 18.5. The molecule has 0 saturated heterocycles. The van der Waals surface area contributed by atoms with E-state index in [1.165, 1.54) is 99.5 Å². The molecule has 2 nitrogen and oxygen atoms in total. The van der Waals surface area contributed by atoms with Crippen LogP contribution in [0.5, 0.6) is 0 Å². The third kappa shape index (κ3) is 4.39. The predicted molar refractivity (Wildman–Crippen MR) is 224 cm³/mol. The van der Waals surface area contributed by atoms with Crippen molar-refractivity contribution < 1.29 is 0 Å². The van der Waals surface area contributed by atoms with Gasteiger partial charge in [0.25, 0.3) is 0 Å². The minimum atomic E-state index is -0.201. The van der Waals surface area contributed by atoms with Gasteiger partial charge in [0.2, 0.25) is 0 Å². The average Bonchev–Trinajstić information content (AvgIpc) is 3.79. The van der Waals surface area contributed by atoms with Gasteiger partial charge in [-0.05, 0) is 105 Å². The first-order valence-electron chi connectivity index (χ1n) is 18.5. The maximum Gasteiger partial charge on any atom is 0.0544 e. The summed E-state index contributed by atoms with van der Waals surface area (Å²) in [6.45, 7) is 4.81. The van der Waals surface area contributed by atoms with Crippen molar-refractivity contribution in [2.45, 2.75) is 19.3 Å². The highest BCUT2D eigenvalue weighted by Crippen LogP contribution is 2.53. The quantitative estimate of drug-likeness (QED) is 0.176. The fourth-order valence-electron chi connectivity index (χ4n) is 9.12. The van der Waals surface area contributed by atoms with Crippen molar-refractivity contribution in [3.05, 3.63) is 193 Å². The van der Waals surface area contributed by atoms with E-state index in [0.717, 1.165) is 0 Å². The van der Waals surface area contributed by atoms with Gasteiger partial charge in [-0.2, -0.15) is 0 Å². The molecule has 1 aliphatic rings. The Hall–Kier alpha value is -6.64. The zero-order valence-electron chi connectivity index (χ0n) is 29.7. The van der Waals surface area contributed by atoms with Gasteiger partial charge in [-0.1, -0.05) is 135 Å². The lowest BCUT2D eigenvalue weighted by molar-refractivity contribution is 0.661. The van der Waals surface area contributed by atoms with Gasteiger partial charge in [0, 0.05) is 38.3 Å². The van der Waals surface area contributed by atoms with Gasteiger partial charge in [0.05, 0.1) is 22.1 Å². The van der Waals surface area contributed by atoms with Crippen LogP contribution in [0.2, 0.25) is 0 Å². The van der Waals surface area contributed by atoms with Crippen molar-refractivity contribution in [1.82, 2.24) is 9.13 Å². The van der Waals surface area contributed by atoms with Gasteiger partial charge < -0.3 is 9.13 Å². The lowest BCUT2D eigenvalue weighted by Crippen LogP contribution is -2.15. The van der Waals surface area contributed by atoms with Gasteiger partial charge in [-0.15, -0.1) is 0 Å². The maximum atomic E-state index is 2.49. The van der Waals surface area contributed by atoms with Crippen LogP contribution in [-0.4, -0.2) is 9.13 Å². The number of benzene rings is 8. The van der Waals surface area contributed by atoms with E-state index in [4.69, 9.17) is 0 Å². The molecule has 0 atom stereocenters. The first kappa shape index (κ1) is 30.0. The number of rotatable bonds is 4. The Balaban J connectivity index is 1.14. The van der Waals surface area contributed by atoms with Crippen LogP contribution in [-0.2, 0) is 5.41 Å². The molecule has 0 bridgehead atoms. The van der Waals surface area contributed by atoms with Crippen LogP contribution < -0.4 is 0 Å². The van der Waals surface area contributed by atoms with Crippen molar-refractivity contribution in [1.29, 1.82) is 0 Å². The number of hydrogen-bond acceptors (Lipinski definition) is 0. The second kappa shape index (κ2) is 11.2. The third-order valence-corrected chi connectivity index (χ3v) is 11.7. The Kier molecular flexibility index (Phi) is 6.33. The summed E-state index contributed by atoms with van der Waals surface area (Å²) in [7, 11) is 0. The summed E-state index contributed by atoms with van der Waals surface area (Å²) < 4.78 is 4.93. The smallest absolute Gasteiger partial charge is 0.0544 e. The Morgan fingerprint density at radius 1 is 0.321 bits per heavy atom. The van der Waals surface area contributed by atoms with Gasteiger partial charge in [0.1, 0.15) is 0 Å². The SMILES string of the molecule is CC1(C)c2cc3c(cc2-c2cc4c5ccccc5n(-c5cccc(-c6ccccc6)c5)c4cc21)c1ccccc1n3-c1cccc(-c2ccccc2)c1. The van der Waals surface area contributed by atoms with Crippen LogP contribution in [0.15, 0.2) is 182 Å². The standard InChI is InChI=1S/C51H36N2/c1-51(2)45-31-49-43(39-23-9-11-25-47(39)52(49)37-21-13-19-35(27-37)33-15-5-3-6-16-33)29-41(45)42-30-44-40-24-10-12-26-48(40)53(50(44)32-46(42)51)38-22-14-20-36(28-38)34-17-7-4-8-18-34/h3-32H,1-2H3. The summed E-state index contributed by atoms with van der Waals surface area (Å²) in [6, 6.07) is 67.0. The number of fused-ring (bicyclic) bond motifs is 9. The van der Waals surface area contributed by atoms with E-state index in [-0.39, 0.29) is 5.41 Å². The summed E-state index contributed by atoms with van der Waals surface area (Å²) in [5, 5.41) is 5.12. The summed E-state index contributed by atoms with van der Waals surface area (Å²) in [4.78, 5) is 0. The second-order valence-corrected chi connectivity index (χ2v) is 15.0. The van der Waals surface area contributed by atoms with Gasteiger partial charge in [-0.25, -0.2) is 0 Å². The van der Waals surface area contributed by atoms with Crippen LogP contribution >= 0.6 is 0 Å². The van der Waals surface area contributed by atoms with Crippen molar-refractivity contribution in [2.24, 2.45) is 0 Å². The van der Waals surface area contributed by atoms with E-state index < -0.39 is 0 Å². The molecule has 2 aromatic heterocycles. The topological polar surface area (TPSA) is 9.86 Å². The number of aromatic nitrogens is 2. The minimum absolute atomic E-state index is 0.201. The largest absolute Gasteiger partial charge is 0.309 e. The zero-order valence-corrected chi connectivity index (χ0v) is 29.7. The molecule has 0 radical (unpaired) electrons. The number of para-hydroxylation sites is 2. The monoisotopic (exact) mass is 676 g/mol. The fourth-order valence-corrected chi connectivity index (χ4v) is 9.12. The van der Waals surface area contributed by atoms with E-state index in [0.29, 0.717) is 0 Å². The molecule has 2 heteroatoms. The van der Waals surface area contributed by atoms with Crippen molar-refractivity contribution in [3.8, 4) is 44.8 Å². The molecule has 11 rings (SSSR count). The lowest BCUT2D eigenvalue weighted by atomic mass is 9.82. The Morgan fingerprint density at radius 3 is 1.17 bits per heavy atom. The van der Waals surface area contributed by atoms with Crippen LogP contribution in [0.3, 0.4) is 0 Å². The Morgan fingerprint density at radius 2 is 0.717 bits per heavy atom. The summed E-state index contributed by atoms with van der Waals surface area (Å²) in [5.41, 5.74) is 17.4. The van der Waals surface area contributed by atoms with Crippen LogP contribution in [0.4, 0.5) is 0 Å². The molecule has 10 aromatic rings. The highest BCUT2D eigenvalue weighted by atomic mass is 15.0. The van der Waals surface area contributed by atoms with Gasteiger partial charge >= 0.3 is 0 Å². The van der Waals surface area contributed by atoms with Crippen molar-refractivity contribution in [2.75, 3.05) is 0 Å². The van der Waals surface area contributed by atoms with Crippen LogP contribution in [0, 0.1) is 0 Å². The minimum Gasteiger partial charge on any atom is -0.309 e. The van der Waals surface area contributed by atoms with Crippen molar-refractivity contribution >= 4 is 43.6 Å². The molecule has 0 N–H and O–H groups in total. The molecule has 1 aliphatic carbocycles. The zero-order chi connectivity index (χ0) is 35.3. The third-order valence-electron chi connectivity index (χ3n) is 11.7. The number of nitrogens with zero attached hydrogens (tertiary/aromatic N) is 2. The molecule has 53 heavy (non-hydrogen) atoms. The summed E-state index contributed by atoms with van der Waals surface area (Å²) in [5.74, 6) is 0. The summed E-state index contributed by atoms with van der Waals surface area (Å²) in [6.07, 6.45) is 0. The predicted octanol–water partition coefficient (Wildman–Crippen LogP) is 13.5. The molecule has 0 aliphatic heterocycles. The Bertz CT molecular complexity index is 2860. The maximum absolute atomic E-state index is 2.49. The molecule has 2 heterocycles. The van der Waals surface area contributed by atoms with E-state index in [1.807, 2.05) is 0 Å². The van der Waals surface area contributed by atoms with Gasteiger partial charge in [0.15, 0.2) is 0 Å². The lowest BCUT2D eigenvalue weighted by Gasteiger charge is -2.22. The van der Waals surface area contributed by atoms with Crippen LogP contribution in [0.25, 0.3) is 88.4 Å². The second-order valence-electron chi connectivity index (χ2n) is 15.0. The molecule has 0 saturated carbocycles. The normalized spacial score (nSPS) is 13.2. The molecule has 0 amide bonds. The van der Waals surface area contributed by atoms with Crippen LogP contribution in [0.1, 0.15) is 25.0 Å². The number of hydrogen-bond donors (Lipinski definition) is 0. The van der Waals surface area contributed by atoms with E-state index >= 15 is 0 Å². The molecule has 0 unspecified atom stereocenters. The molecule has 0 fully saturated rings. The molecule has 250 valence electrons. The first-order chi connectivity index (χ1) is 26.0. The highest BCUT2D eigenvalue weighted by molar-refractivity contribution is 6.14. The van der Waals surface area contributed by atoms with Crippen molar-refractivity contribution in [3.63, 3.8) is 0 Å². The van der Waals surface area contributed by atoms with E-state index in [9.17, 15) is 0 Å². The molecular formula is C51H36N2. The van der Waals surface area contributed by atoms with E-state index in [2.05, 4.69) is 205 Å². The molecule has 8 aromatic carbocycles. The van der Waals surface area contributed by atoms with E-state index in [1.54, 1.807) is 0 Å². The molecule has 0 spiro atoms. The average molecular weight is 677 g/mol. The summed E-state index contributed by atoms with van der Waals surface area (Å²) >= 11 is 0. The Labute approximate surface area is 308 Å². The molecular weight excluding hydrogens is 641 g/mol. The fraction of sp³-hybridized carbons (Fsp3) is 0.0588. The highest BCUT2D eigenvalue weighted by Gasteiger charge is 2.37.